The van der Waals surface area contributed by atoms with E-state index in [2.05, 4.69) is 10.3 Å². The van der Waals surface area contributed by atoms with E-state index in [9.17, 15) is 9.90 Å². The number of hydrogen-bond acceptors (Lipinski definition) is 4. The van der Waals surface area contributed by atoms with Crippen LogP contribution in [0.15, 0.2) is 54.6 Å². The molecule has 6 nitrogen and oxygen atoms in total. The Morgan fingerprint density at radius 3 is 2.36 bits per heavy atom. The van der Waals surface area contributed by atoms with E-state index in [1.807, 2.05) is 30.3 Å². The van der Waals surface area contributed by atoms with Crippen LogP contribution in [0.2, 0.25) is 0 Å². The second kappa shape index (κ2) is 5.79. The molecule has 0 unspecified atom stereocenters. The molecule has 0 saturated carbocycles. The first-order valence-electron chi connectivity index (χ1n) is 6.72. The Morgan fingerprint density at radius 1 is 1.09 bits per heavy atom. The molecule has 0 spiro atoms. The molecule has 0 saturated heterocycles. The maximum Gasteiger partial charge on any atom is 0.248 e. The molecule has 110 valence electrons. The Bertz CT molecular complexity index is 795. The Labute approximate surface area is 126 Å². The summed E-state index contributed by atoms with van der Waals surface area (Å²) >= 11 is 0. The van der Waals surface area contributed by atoms with E-state index in [-0.39, 0.29) is 6.61 Å². The molecular formula is C16H14N4O2. The van der Waals surface area contributed by atoms with Crippen molar-refractivity contribution in [2.75, 3.05) is 0 Å². The van der Waals surface area contributed by atoms with Gasteiger partial charge >= 0.3 is 0 Å². The van der Waals surface area contributed by atoms with Crippen LogP contribution >= 0.6 is 0 Å². The number of primary amides is 1. The summed E-state index contributed by atoms with van der Waals surface area (Å²) in [6.45, 7) is -0.205. The van der Waals surface area contributed by atoms with Crippen LogP contribution in [0, 0.1) is 0 Å². The van der Waals surface area contributed by atoms with Gasteiger partial charge in [0.05, 0.1) is 12.3 Å². The molecular weight excluding hydrogens is 280 g/mol. The van der Waals surface area contributed by atoms with Crippen molar-refractivity contribution >= 4 is 5.91 Å². The average molecular weight is 294 g/mol. The van der Waals surface area contributed by atoms with E-state index in [1.54, 1.807) is 28.9 Å². The van der Waals surface area contributed by atoms with Gasteiger partial charge in [-0.25, -0.2) is 4.68 Å². The number of nitrogens with zero attached hydrogens (tertiary/aromatic N) is 3. The van der Waals surface area contributed by atoms with Gasteiger partial charge in [0.1, 0.15) is 11.4 Å². The first kappa shape index (κ1) is 14.0. The molecule has 1 aromatic heterocycles. The summed E-state index contributed by atoms with van der Waals surface area (Å²) in [6.07, 6.45) is 0. The van der Waals surface area contributed by atoms with Crippen molar-refractivity contribution in [2.45, 2.75) is 6.61 Å². The molecule has 0 atom stereocenters. The number of carbonyl (C=O) groups is 1. The molecule has 3 N–H and O–H groups in total. The fourth-order valence-electron chi connectivity index (χ4n) is 2.25. The lowest BCUT2D eigenvalue weighted by molar-refractivity contribution is 0.100. The predicted octanol–water partition coefficient (Wildman–Crippen LogP) is 1.53. The van der Waals surface area contributed by atoms with Crippen molar-refractivity contribution < 1.29 is 9.90 Å². The number of rotatable bonds is 4. The van der Waals surface area contributed by atoms with Gasteiger partial charge in [-0.05, 0) is 24.3 Å². The van der Waals surface area contributed by atoms with Crippen LogP contribution in [-0.2, 0) is 6.61 Å². The first-order valence-corrected chi connectivity index (χ1v) is 6.72. The van der Waals surface area contributed by atoms with Gasteiger partial charge in [-0.2, -0.15) is 0 Å². The third-order valence-electron chi connectivity index (χ3n) is 3.33. The normalized spacial score (nSPS) is 10.6. The number of hydrogen-bond donors (Lipinski definition) is 2. The van der Waals surface area contributed by atoms with Crippen LogP contribution in [-0.4, -0.2) is 26.0 Å². The number of aliphatic hydroxyl groups is 1. The van der Waals surface area contributed by atoms with Gasteiger partial charge < -0.3 is 10.8 Å². The second-order valence-electron chi connectivity index (χ2n) is 4.73. The standard InChI is InChI=1S/C16H14N4O2/c17-16(22)12-6-8-13(9-7-12)20-15(14(10-21)18-19-20)11-4-2-1-3-5-11/h1-9,21H,10H2,(H2,17,22). The summed E-state index contributed by atoms with van der Waals surface area (Å²) in [4.78, 5) is 11.1. The fraction of sp³-hybridized carbons (Fsp3) is 0.0625. The van der Waals surface area contributed by atoms with Gasteiger partial charge in [-0.15, -0.1) is 5.10 Å². The number of nitrogens with two attached hydrogens (primary N) is 1. The largest absolute Gasteiger partial charge is 0.390 e. The molecule has 0 aliphatic rings. The maximum absolute atomic E-state index is 11.1. The Kier molecular flexibility index (Phi) is 3.67. The summed E-state index contributed by atoms with van der Waals surface area (Å²) in [7, 11) is 0. The monoisotopic (exact) mass is 294 g/mol. The van der Waals surface area contributed by atoms with Gasteiger partial charge in [0.15, 0.2) is 0 Å². The quantitative estimate of drug-likeness (QED) is 0.763. The molecule has 3 aromatic rings. The second-order valence-corrected chi connectivity index (χ2v) is 4.73. The summed E-state index contributed by atoms with van der Waals surface area (Å²) in [6, 6.07) is 16.3. The summed E-state index contributed by atoms with van der Waals surface area (Å²) < 4.78 is 1.63. The summed E-state index contributed by atoms with van der Waals surface area (Å²) in [5.74, 6) is -0.482. The zero-order valence-electron chi connectivity index (χ0n) is 11.7. The molecule has 0 aliphatic heterocycles. The highest BCUT2D eigenvalue weighted by Crippen LogP contribution is 2.25. The topological polar surface area (TPSA) is 94.0 Å². The highest BCUT2D eigenvalue weighted by Gasteiger charge is 2.15. The van der Waals surface area contributed by atoms with E-state index in [1.165, 1.54) is 0 Å². The third kappa shape index (κ3) is 2.47. The molecule has 0 aliphatic carbocycles. The Balaban J connectivity index is 2.12. The lowest BCUT2D eigenvalue weighted by Crippen LogP contribution is -2.11. The minimum Gasteiger partial charge on any atom is -0.390 e. The molecule has 0 radical (unpaired) electrons. The molecule has 0 bridgehead atoms. The van der Waals surface area contributed by atoms with Crippen LogP contribution in [0.25, 0.3) is 16.9 Å². The smallest absolute Gasteiger partial charge is 0.248 e. The summed E-state index contributed by atoms with van der Waals surface area (Å²) in [5.41, 5.74) is 8.51. The number of aromatic nitrogens is 3. The highest BCUT2D eigenvalue weighted by atomic mass is 16.3. The van der Waals surface area contributed by atoms with Crippen molar-refractivity contribution in [3.8, 4) is 16.9 Å². The van der Waals surface area contributed by atoms with Crippen LogP contribution in [0.1, 0.15) is 16.1 Å². The maximum atomic E-state index is 11.1. The van der Waals surface area contributed by atoms with Crippen LogP contribution < -0.4 is 5.73 Å². The van der Waals surface area contributed by atoms with Crippen LogP contribution in [0.3, 0.4) is 0 Å². The molecule has 22 heavy (non-hydrogen) atoms. The fourth-order valence-corrected chi connectivity index (χ4v) is 2.25. The minimum atomic E-state index is -0.482. The van der Waals surface area contributed by atoms with E-state index >= 15 is 0 Å². The molecule has 3 rings (SSSR count). The van der Waals surface area contributed by atoms with Crippen LogP contribution in [0.4, 0.5) is 0 Å². The zero-order chi connectivity index (χ0) is 15.5. The van der Waals surface area contributed by atoms with Crippen molar-refractivity contribution in [1.29, 1.82) is 0 Å². The molecule has 1 amide bonds. The number of carbonyl (C=O) groups excluding carboxylic acids is 1. The average Bonchev–Trinajstić information content (AvgIpc) is 2.99. The van der Waals surface area contributed by atoms with Crippen molar-refractivity contribution in [2.24, 2.45) is 5.73 Å². The predicted molar refractivity (Wildman–Crippen MR) is 81.2 cm³/mol. The van der Waals surface area contributed by atoms with Gasteiger partial charge in [0.2, 0.25) is 5.91 Å². The van der Waals surface area contributed by atoms with Gasteiger partial charge in [-0.3, -0.25) is 4.79 Å². The SMILES string of the molecule is NC(=O)c1ccc(-n2nnc(CO)c2-c2ccccc2)cc1. The molecule has 6 heteroatoms. The Hall–Kier alpha value is -2.99. The number of amides is 1. The van der Waals surface area contributed by atoms with Gasteiger partial charge in [0.25, 0.3) is 0 Å². The minimum absolute atomic E-state index is 0.205. The third-order valence-corrected chi connectivity index (χ3v) is 3.33. The van der Waals surface area contributed by atoms with Crippen molar-refractivity contribution in [3.63, 3.8) is 0 Å². The summed E-state index contributed by atoms with van der Waals surface area (Å²) in [5, 5.41) is 17.6. The van der Waals surface area contributed by atoms with E-state index < -0.39 is 5.91 Å². The molecule has 0 fully saturated rings. The first-order chi connectivity index (χ1) is 10.7. The zero-order valence-corrected chi connectivity index (χ0v) is 11.7. The lowest BCUT2D eigenvalue weighted by atomic mass is 10.1. The molecule has 2 aromatic carbocycles. The van der Waals surface area contributed by atoms with E-state index in [4.69, 9.17) is 5.73 Å². The lowest BCUT2D eigenvalue weighted by Gasteiger charge is -2.08. The number of benzene rings is 2. The highest BCUT2D eigenvalue weighted by molar-refractivity contribution is 5.92. The Morgan fingerprint density at radius 2 is 1.77 bits per heavy atom. The van der Waals surface area contributed by atoms with Gasteiger partial charge in [-0.1, -0.05) is 35.5 Å². The van der Waals surface area contributed by atoms with E-state index in [0.717, 1.165) is 16.9 Å². The molecule has 1 heterocycles. The van der Waals surface area contributed by atoms with Crippen molar-refractivity contribution in [1.82, 2.24) is 15.0 Å². The van der Waals surface area contributed by atoms with Gasteiger partial charge in [0, 0.05) is 11.1 Å². The number of aliphatic hydroxyl groups excluding tert-OH is 1. The van der Waals surface area contributed by atoms with Crippen molar-refractivity contribution in [3.05, 3.63) is 65.9 Å². The van der Waals surface area contributed by atoms with E-state index in [0.29, 0.717) is 11.3 Å². The van der Waals surface area contributed by atoms with Crippen LogP contribution in [0.5, 0.6) is 0 Å².